The molecular weight excluding hydrogens is 779 g/mol. The fraction of sp³-hybridized carbons (Fsp3) is 0.462. The van der Waals surface area contributed by atoms with E-state index in [1.54, 1.807) is 23.5 Å². The number of likely N-dealkylation sites (tertiary alicyclic amines) is 1. The van der Waals surface area contributed by atoms with Gasteiger partial charge in [-0.1, -0.05) is 12.1 Å². The van der Waals surface area contributed by atoms with Gasteiger partial charge in [-0.25, -0.2) is 19.9 Å². The monoisotopic (exact) mass is 825 g/mol. The van der Waals surface area contributed by atoms with Crippen molar-refractivity contribution in [3.8, 4) is 34.9 Å². The first-order chi connectivity index (χ1) is 28.5. The van der Waals surface area contributed by atoms with Crippen molar-refractivity contribution in [3.05, 3.63) is 88.9 Å². The largest absolute Gasteiger partial charge is 0.486 e. The number of nitrogens with zero attached hydrogens (tertiary/aromatic N) is 12. The molecule has 3 aliphatic heterocycles. The summed E-state index contributed by atoms with van der Waals surface area (Å²) in [4.78, 5) is 25.1. The molecule has 0 bridgehead atoms. The van der Waals surface area contributed by atoms with Crippen molar-refractivity contribution in [2.24, 2.45) is 0 Å². The smallest absolute Gasteiger partial charge is 0.264 e. The Kier molecular flexibility index (Phi) is 11.8. The Balaban J connectivity index is 0.775. The van der Waals surface area contributed by atoms with Gasteiger partial charge >= 0.3 is 0 Å². The van der Waals surface area contributed by atoms with Crippen molar-refractivity contribution >= 4 is 23.1 Å². The molecule has 0 spiro atoms. The van der Waals surface area contributed by atoms with E-state index in [-0.39, 0.29) is 6.04 Å². The number of aromatic nitrogens is 9. The van der Waals surface area contributed by atoms with Crippen LogP contribution in [-0.4, -0.2) is 131 Å². The minimum absolute atomic E-state index is 0.0869. The summed E-state index contributed by atoms with van der Waals surface area (Å²) >= 11 is 2.86. The summed E-state index contributed by atoms with van der Waals surface area (Å²) in [6.07, 6.45) is 11.7. The van der Waals surface area contributed by atoms with Gasteiger partial charge < -0.3 is 29.2 Å². The Bertz CT molecular complexity index is 2230. The van der Waals surface area contributed by atoms with Gasteiger partial charge in [0.25, 0.3) is 5.95 Å². The summed E-state index contributed by atoms with van der Waals surface area (Å²) in [5.41, 5.74) is 2.37. The van der Waals surface area contributed by atoms with Crippen LogP contribution in [-0.2, 0) is 13.0 Å². The number of rotatable bonds is 18. The first-order valence-electron chi connectivity index (χ1n) is 19.7. The fourth-order valence-corrected chi connectivity index (χ4v) is 9.15. The fourth-order valence-electron chi connectivity index (χ4n) is 7.51. The molecule has 4 aromatic heterocycles. The van der Waals surface area contributed by atoms with Gasteiger partial charge in [-0.15, -0.1) is 0 Å². The lowest BCUT2D eigenvalue weighted by atomic mass is 10.1. The van der Waals surface area contributed by atoms with E-state index in [0.717, 1.165) is 104 Å². The van der Waals surface area contributed by atoms with Crippen molar-refractivity contribution in [1.82, 2.24) is 63.0 Å². The Morgan fingerprint density at radius 1 is 0.879 bits per heavy atom. The first-order valence-corrected chi connectivity index (χ1v) is 21.3. The second-order valence-corrected chi connectivity index (χ2v) is 16.3. The highest BCUT2D eigenvalue weighted by Crippen LogP contribution is 2.39. The van der Waals surface area contributed by atoms with Crippen LogP contribution in [0.5, 0.6) is 23.0 Å². The number of benzene rings is 2. The molecule has 3 unspecified atom stereocenters. The van der Waals surface area contributed by atoms with Gasteiger partial charge in [0.05, 0.1) is 12.1 Å². The Hall–Kier alpha value is -5.05. The third-order valence-electron chi connectivity index (χ3n) is 10.8. The summed E-state index contributed by atoms with van der Waals surface area (Å²) in [7, 11) is 4.31. The van der Waals surface area contributed by atoms with Crippen molar-refractivity contribution in [2.75, 3.05) is 66.6 Å². The topological polar surface area (TPSA) is 159 Å². The Morgan fingerprint density at radius 3 is 2.60 bits per heavy atom. The molecule has 2 aromatic carbocycles. The van der Waals surface area contributed by atoms with Crippen LogP contribution in [0, 0.1) is 0 Å². The van der Waals surface area contributed by atoms with Crippen LogP contribution >= 0.6 is 23.1 Å². The molecule has 6 aromatic rings. The summed E-state index contributed by atoms with van der Waals surface area (Å²) in [5, 5.41) is 9.70. The summed E-state index contributed by atoms with van der Waals surface area (Å²) < 4.78 is 36.9. The Morgan fingerprint density at radius 2 is 1.72 bits per heavy atom. The standard InChI is InChI=1S/C39H47N13O4S2/c1-48(16-17-50-12-3-4-29(50)36-45-39(47-57-36)52-26-42-24-43-52)13-9-27-5-8-32-34(20-27)56-35(55-32)22-30(37-44-38(46-58-37)51-15-11-41-25-51)49(2)14-10-40-23-28-6-7-31-33(21-28)54-19-18-53-31/h5-8,11,15,20-21,24-26,29-30,35,40H,3-4,9-10,12-14,16-19,22-23H2,1-2H3. The zero-order valence-electron chi connectivity index (χ0n) is 32.6. The maximum atomic E-state index is 6.47. The number of likely N-dealkylation sites (N-methyl/N-ethyl adjacent to an activating group) is 2. The number of fused-ring (bicyclic) bond motifs is 2. The average molecular weight is 826 g/mol. The highest BCUT2D eigenvalue weighted by atomic mass is 32.1. The second-order valence-electron chi connectivity index (χ2n) is 14.8. The van der Waals surface area contributed by atoms with Crippen LogP contribution in [0.2, 0.25) is 0 Å². The van der Waals surface area contributed by atoms with Crippen LogP contribution in [0.15, 0.2) is 67.8 Å². The zero-order valence-corrected chi connectivity index (χ0v) is 34.2. The van der Waals surface area contributed by atoms with Crippen LogP contribution in [0.1, 0.15) is 52.5 Å². The highest BCUT2D eigenvalue weighted by molar-refractivity contribution is 7.05. The van der Waals surface area contributed by atoms with Gasteiger partial charge in [-0.2, -0.15) is 18.5 Å². The van der Waals surface area contributed by atoms with Gasteiger partial charge in [-0.05, 0) is 98.4 Å². The van der Waals surface area contributed by atoms with Crippen LogP contribution < -0.4 is 24.3 Å². The summed E-state index contributed by atoms with van der Waals surface area (Å²) in [5.74, 6) is 4.35. The predicted octanol–water partition coefficient (Wildman–Crippen LogP) is 4.19. The molecule has 304 valence electrons. The maximum Gasteiger partial charge on any atom is 0.264 e. The number of imidazole rings is 1. The van der Waals surface area contributed by atoms with E-state index in [1.807, 2.05) is 29.0 Å². The first kappa shape index (κ1) is 38.5. The van der Waals surface area contributed by atoms with Crippen LogP contribution in [0.4, 0.5) is 0 Å². The van der Waals surface area contributed by atoms with Gasteiger partial charge in [0, 0.05) is 58.1 Å². The van der Waals surface area contributed by atoms with E-state index in [2.05, 4.69) is 76.1 Å². The van der Waals surface area contributed by atoms with Gasteiger partial charge in [0.2, 0.25) is 12.2 Å². The molecule has 0 saturated carbocycles. The molecule has 0 radical (unpaired) electrons. The zero-order chi connectivity index (χ0) is 39.3. The summed E-state index contributed by atoms with van der Waals surface area (Å²) in [6, 6.07) is 12.6. The van der Waals surface area contributed by atoms with E-state index < -0.39 is 6.29 Å². The Labute approximate surface area is 344 Å². The normalized spacial score (nSPS) is 18.1. The van der Waals surface area contributed by atoms with Gasteiger partial charge in [-0.3, -0.25) is 14.4 Å². The molecule has 3 aliphatic rings. The van der Waals surface area contributed by atoms with E-state index >= 15 is 0 Å². The highest BCUT2D eigenvalue weighted by Gasteiger charge is 2.33. The van der Waals surface area contributed by atoms with E-state index in [1.165, 1.54) is 35.0 Å². The summed E-state index contributed by atoms with van der Waals surface area (Å²) in [6.45, 7) is 7.38. The number of hydrogen-bond donors (Lipinski definition) is 1. The second kappa shape index (κ2) is 17.8. The molecule has 1 fully saturated rings. The predicted molar refractivity (Wildman–Crippen MR) is 217 cm³/mol. The lowest BCUT2D eigenvalue weighted by Crippen LogP contribution is -2.35. The molecule has 9 rings (SSSR count). The van der Waals surface area contributed by atoms with Crippen molar-refractivity contribution in [1.29, 1.82) is 0 Å². The molecule has 7 heterocycles. The molecule has 17 nitrogen and oxygen atoms in total. The third-order valence-corrected chi connectivity index (χ3v) is 12.4. The minimum Gasteiger partial charge on any atom is -0.486 e. The van der Waals surface area contributed by atoms with Crippen molar-refractivity contribution in [3.63, 3.8) is 0 Å². The average Bonchev–Trinajstić information content (AvgIpc) is 4.10. The molecule has 58 heavy (non-hydrogen) atoms. The number of ether oxygens (including phenoxy) is 4. The molecule has 0 amide bonds. The molecule has 19 heteroatoms. The SMILES string of the molecule is CN(CCc1ccc2c(c1)OC(CC(c1nc(-n3ccnc3)ns1)N(C)CCNCc1ccc3c(c1)OCCO3)O2)CCN1CCCC1c1nc(-n2cncn2)ns1. The van der Waals surface area contributed by atoms with Gasteiger partial charge in [0.15, 0.2) is 23.0 Å². The van der Waals surface area contributed by atoms with Crippen LogP contribution in [0.3, 0.4) is 0 Å². The molecule has 1 N–H and O–H groups in total. The number of nitrogens with one attached hydrogen (secondary N) is 1. The van der Waals surface area contributed by atoms with E-state index in [0.29, 0.717) is 37.6 Å². The third kappa shape index (κ3) is 8.98. The lowest BCUT2D eigenvalue weighted by molar-refractivity contribution is 0.0167. The quantitative estimate of drug-likeness (QED) is 0.123. The van der Waals surface area contributed by atoms with Crippen molar-refractivity contribution < 1.29 is 18.9 Å². The van der Waals surface area contributed by atoms with E-state index in [4.69, 9.17) is 28.9 Å². The van der Waals surface area contributed by atoms with E-state index in [9.17, 15) is 0 Å². The molecule has 3 atom stereocenters. The lowest BCUT2D eigenvalue weighted by Gasteiger charge is -2.27. The number of hydrogen-bond acceptors (Lipinski definition) is 17. The maximum absolute atomic E-state index is 6.47. The minimum atomic E-state index is -0.458. The van der Waals surface area contributed by atoms with Gasteiger partial charge in [0.1, 0.15) is 42.2 Å². The van der Waals surface area contributed by atoms with Crippen molar-refractivity contribution in [2.45, 2.75) is 50.6 Å². The van der Waals surface area contributed by atoms with Crippen LogP contribution in [0.25, 0.3) is 11.9 Å². The molecule has 1 saturated heterocycles. The molecule has 0 aliphatic carbocycles. The molecular formula is C39H47N13O4S2.